The van der Waals surface area contributed by atoms with Crippen LogP contribution in [0.3, 0.4) is 0 Å². The molecule has 0 unspecified atom stereocenters. The van der Waals surface area contributed by atoms with E-state index in [1.54, 1.807) is 9.36 Å². The van der Waals surface area contributed by atoms with Crippen LogP contribution in [0.2, 0.25) is 10.3 Å². The van der Waals surface area contributed by atoms with Crippen molar-refractivity contribution in [2.24, 2.45) is 0 Å². The van der Waals surface area contributed by atoms with E-state index in [0.29, 0.717) is 24.2 Å². The molecule has 0 aliphatic rings. The Morgan fingerprint density at radius 3 is 1.84 bits per heavy atom. The number of hydrogen-bond donors (Lipinski definition) is 0. The maximum Gasteiger partial charge on any atom is 0.184 e. The van der Waals surface area contributed by atoms with Gasteiger partial charge < -0.3 is 0 Å². The Bertz CT molecular complexity index is 1300. The van der Waals surface area contributed by atoms with E-state index in [-0.39, 0.29) is 21.7 Å². The first-order chi connectivity index (χ1) is 15.2. The number of halogens is 2. The van der Waals surface area contributed by atoms with Crippen LogP contribution in [0.15, 0.2) is 24.5 Å². The molecule has 0 amide bonds. The van der Waals surface area contributed by atoms with Gasteiger partial charge in [-0.15, -0.1) is 0 Å². The van der Waals surface area contributed by atoms with E-state index in [9.17, 15) is 9.59 Å². The Labute approximate surface area is 193 Å². The second-order valence-corrected chi connectivity index (χ2v) is 7.46. The second-order valence-electron chi connectivity index (χ2n) is 6.72. The van der Waals surface area contributed by atoms with Crippen molar-refractivity contribution in [3.05, 3.63) is 69.0 Å². The van der Waals surface area contributed by atoms with E-state index in [1.807, 2.05) is 39.8 Å². The van der Waals surface area contributed by atoms with Crippen LogP contribution < -0.4 is 0 Å². The largest absolute Gasteiger partial charge is 0.296 e. The first-order valence-electron chi connectivity index (χ1n) is 9.26. The zero-order chi connectivity index (χ0) is 23.4. The average Bonchev–Trinajstić information content (AvgIpc) is 3.27. The van der Waals surface area contributed by atoms with Crippen molar-refractivity contribution < 1.29 is 9.59 Å². The molecule has 0 fully saturated rings. The van der Waals surface area contributed by atoms with Gasteiger partial charge in [-0.05, 0) is 39.8 Å². The van der Waals surface area contributed by atoms with E-state index in [4.69, 9.17) is 23.2 Å². The molecule has 0 spiro atoms. The Hall–Kier alpha value is -3.50. The van der Waals surface area contributed by atoms with Crippen molar-refractivity contribution in [3.8, 4) is 11.6 Å². The summed E-state index contributed by atoms with van der Waals surface area (Å²) in [5.41, 5.74) is 3.88. The zero-order valence-corrected chi connectivity index (χ0v) is 19.1. The number of aldehydes is 2. The van der Waals surface area contributed by atoms with Crippen molar-refractivity contribution in [3.63, 3.8) is 0 Å². The minimum absolute atomic E-state index is 0.0834. The Kier molecular flexibility index (Phi) is 7.06. The molecule has 0 aliphatic carbocycles. The van der Waals surface area contributed by atoms with Crippen LogP contribution >= 0.6 is 23.2 Å². The number of carbonyl (C=O) groups excluding carboxylic acids is 2. The zero-order valence-electron chi connectivity index (χ0n) is 17.6. The quantitative estimate of drug-likeness (QED) is 0.413. The lowest BCUT2D eigenvalue weighted by atomic mass is 10.4. The molecule has 4 heterocycles. The number of nitrogens with zero attached hydrogens (tertiary/aromatic N) is 8. The average molecular weight is 473 g/mol. The third kappa shape index (κ3) is 5.04. The van der Waals surface area contributed by atoms with E-state index in [0.717, 1.165) is 22.8 Å². The molecule has 12 heteroatoms. The van der Waals surface area contributed by atoms with Gasteiger partial charge in [-0.1, -0.05) is 23.2 Å². The summed E-state index contributed by atoms with van der Waals surface area (Å²) < 4.78 is 3.18. The van der Waals surface area contributed by atoms with Gasteiger partial charge in [0, 0.05) is 11.4 Å². The van der Waals surface area contributed by atoms with Gasteiger partial charge in [0.1, 0.15) is 16.5 Å². The molecule has 10 nitrogen and oxygen atoms in total. The number of hydrogen-bond acceptors (Lipinski definition) is 8. The molecule has 164 valence electrons. The van der Waals surface area contributed by atoms with Crippen LogP contribution in [0.1, 0.15) is 43.8 Å². The molecule has 0 aliphatic heterocycles. The summed E-state index contributed by atoms with van der Waals surface area (Å²) in [7, 11) is 0. The predicted molar refractivity (Wildman–Crippen MR) is 118 cm³/mol. The molecule has 32 heavy (non-hydrogen) atoms. The first-order valence-corrected chi connectivity index (χ1v) is 10.0. The Morgan fingerprint density at radius 1 is 0.781 bits per heavy atom. The molecule has 0 atom stereocenters. The van der Waals surface area contributed by atoms with Gasteiger partial charge in [-0.3, -0.25) is 9.59 Å². The normalized spacial score (nSPS) is 10.4. The molecule has 4 rings (SSSR count). The Morgan fingerprint density at radius 2 is 1.34 bits per heavy atom. The maximum atomic E-state index is 10.8. The van der Waals surface area contributed by atoms with Crippen molar-refractivity contribution in [2.75, 3.05) is 0 Å². The van der Waals surface area contributed by atoms with Gasteiger partial charge in [-0.2, -0.15) is 10.2 Å². The highest BCUT2D eigenvalue weighted by Crippen LogP contribution is 2.15. The van der Waals surface area contributed by atoms with Crippen molar-refractivity contribution in [1.82, 2.24) is 39.5 Å². The molecule has 4 aromatic heterocycles. The van der Waals surface area contributed by atoms with Crippen LogP contribution in [0.5, 0.6) is 0 Å². The monoisotopic (exact) mass is 472 g/mol. The summed E-state index contributed by atoms with van der Waals surface area (Å²) in [5.74, 6) is 0.856. The van der Waals surface area contributed by atoms with Crippen molar-refractivity contribution in [1.29, 1.82) is 0 Å². The predicted octanol–water partition coefficient (Wildman–Crippen LogP) is 3.49. The second kappa shape index (κ2) is 9.75. The van der Waals surface area contributed by atoms with Crippen LogP contribution in [-0.4, -0.2) is 52.1 Å². The fraction of sp³-hybridized carbons (Fsp3) is 0.200. The van der Waals surface area contributed by atoms with Crippen molar-refractivity contribution >= 4 is 35.8 Å². The number of rotatable bonds is 4. The smallest absolute Gasteiger partial charge is 0.184 e. The highest BCUT2D eigenvalue weighted by Gasteiger charge is 2.12. The topological polar surface area (TPSA) is 121 Å². The van der Waals surface area contributed by atoms with E-state index in [2.05, 4.69) is 30.1 Å². The lowest BCUT2D eigenvalue weighted by Gasteiger charge is -2.05. The van der Waals surface area contributed by atoms with Crippen molar-refractivity contribution in [2.45, 2.75) is 27.7 Å². The molecule has 0 N–H and O–H groups in total. The molecule has 0 saturated carbocycles. The molecule has 0 bridgehead atoms. The summed E-state index contributed by atoms with van der Waals surface area (Å²) >= 11 is 11.5. The van der Waals surface area contributed by atoms with Gasteiger partial charge in [-0.25, -0.2) is 29.3 Å². The summed E-state index contributed by atoms with van der Waals surface area (Å²) in [6, 6.07) is 3.81. The molecular formula is C20H18Cl2N8O2. The van der Waals surface area contributed by atoms with Gasteiger partial charge >= 0.3 is 0 Å². The van der Waals surface area contributed by atoms with Gasteiger partial charge in [0.15, 0.2) is 29.4 Å². The third-order valence-corrected chi connectivity index (χ3v) is 4.62. The minimum atomic E-state index is 0.0834. The highest BCUT2D eigenvalue weighted by atomic mass is 35.5. The van der Waals surface area contributed by atoms with E-state index < -0.39 is 0 Å². The fourth-order valence-corrected chi connectivity index (χ4v) is 3.17. The minimum Gasteiger partial charge on any atom is -0.296 e. The molecule has 0 aromatic carbocycles. The van der Waals surface area contributed by atoms with Crippen LogP contribution in [0.4, 0.5) is 0 Å². The Balaban J connectivity index is 0.000000181. The van der Waals surface area contributed by atoms with E-state index >= 15 is 0 Å². The third-order valence-electron chi connectivity index (χ3n) is 4.16. The maximum absolute atomic E-state index is 10.8. The number of aryl methyl sites for hydroxylation is 4. The van der Waals surface area contributed by atoms with Crippen LogP contribution in [-0.2, 0) is 0 Å². The molecule has 0 saturated heterocycles. The summed E-state index contributed by atoms with van der Waals surface area (Å²) in [6.07, 6.45) is 4.00. The lowest BCUT2D eigenvalue weighted by molar-refractivity contribution is 0.111. The summed E-state index contributed by atoms with van der Waals surface area (Å²) in [5, 5.41) is 8.78. The van der Waals surface area contributed by atoms with Crippen LogP contribution in [0, 0.1) is 27.7 Å². The van der Waals surface area contributed by atoms with Gasteiger partial charge in [0.2, 0.25) is 0 Å². The molecule has 0 radical (unpaired) electrons. The number of carbonyl (C=O) groups is 2. The molecule has 4 aromatic rings. The first kappa shape index (κ1) is 23.2. The SMILES string of the molecule is Cc1cc(C)n(-c2cnc(C=O)c(Cl)n2)n1.Cc1cc(C)n(-c2nc(Cl)cnc2C=O)n1. The standard InChI is InChI=1S/2C10H9ClN4O/c1-6-3-7(2)15(14-6)9-4-12-8(5-16)10(11)13-9;1-6-3-7(2)15(14-6)10-8(5-16)12-4-9(11)13-10/h2*3-5H,1-2H3. The number of aromatic nitrogens is 8. The van der Waals surface area contributed by atoms with Gasteiger partial charge in [0.25, 0.3) is 0 Å². The fourth-order valence-electron chi connectivity index (χ4n) is 2.86. The summed E-state index contributed by atoms with van der Waals surface area (Å²) in [6.45, 7) is 7.53. The highest BCUT2D eigenvalue weighted by molar-refractivity contribution is 6.31. The van der Waals surface area contributed by atoms with Gasteiger partial charge in [0.05, 0.1) is 23.8 Å². The molecular weight excluding hydrogens is 455 g/mol. The lowest BCUT2D eigenvalue weighted by Crippen LogP contribution is -2.07. The summed E-state index contributed by atoms with van der Waals surface area (Å²) in [4.78, 5) is 37.3. The van der Waals surface area contributed by atoms with Crippen LogP contribution in [0.25, 0.3) is 11.6 Å². The van der Waals surface area contributed by atoms with E-state index in [1.165, 1.54) is 12.4 Å².